The fourth-order valence-corrected chi connectivity index (χ4v) is 4.27. The summed E-state index contributed by atoms with van der Waals surface area (Å²) in [4.78, 5) is 39.0. The van der Waals surface area contributed by atoms with Gasteiger partial charge in [0, 0.05) is 25.5 Å². The number of ether oxygens (including phenoxy) is 2. The minimum atomic E-state index is -0.569. The number of halogens is 1. The third kappa shape index (κ3) is 5.28. The number of carbonyl (C=O) groups excluding carboxylic acids is 3. The molecule has 4 amide bonds. The molecule has 2 aromatic carbocycles. The molecule has 0 radical (unpaired) electrons. The van der Waals surface area contributed by atoms with E-state index in [1.165, 1.54) is 18.2 Å². The largest absolute Gasteiger partial charge is 0.490 e. The first-order chi connectivity index (χ1) is 16.3. The number of carbonyl (C=O) groups is 3. The smallest absolute Gasteiger partial charge is 0.323 e. The van der Waals surface area contributed by atoms with Crippen molar-refractivity contribution in [2.24, 2.45) is 0 Å². The van der Waals surface area contributed by atoms with Crippen molar-refractivity contribution in [3.8, 4) is 5.75 Å². The predicted molar refractivity (Wildman–Crippen MR) is 123 cm³/mol. The molecule has 2 aliphatic rings. The Morgan fingerprint density at radius 1 is 1.12 bits per heavy atom. The number of hydrogen-bond acceptors (Lipinski definition) is 5. The van der Waals surface area contributed by atoms with Crippen molar-refractivity contribution < 1.29 is 28.2 Å². The van der Waals surface area contributed by atoms with Crippen LogP contribution >= 0.6 is 0 Å². The Morgan fingerprint density at radius 3 is 2.62 bits per heavy atom. The molecule has 2 heterocycles. The van der Waals surface area contributed by atoms with Crippen LogP contribution in [0.1, 0.15) is 29.6 Å². The van der Waals surface area contributed by atoms with Gasteiger partial charge in [-0.3, -0.25) is 9.59 Å². The molecule has 3 N–H and O–H groups in total. The van der Waals surface area contributed by atoms with Crippen LogP contribution in [0.25, 0.3) is 0 Å². The zero-order valence-electron chi connectivity index (χ0n) is 19.0. The lowest BCUT2D eigenvalue weighted by molar-refractivity contribution is -0.133. The number of benzene rings is 2. The second kappa shape index (κ2) is 10.1. The highest BCUT2D eigenvalue weighted by atomic mass is 19.1. The molecule has 1 fully saturated rings. The molecule has 2 aliphatic heterocycles. The third-order valence-electron chi connectivity index (χ3n) is 6.04. The van der Waals surface area contributed by atoms with Crippen LogP contribution in [0.2, 0.25) is 0 Å². The molecule has 0 unspecified atom stereocenters. The molecule has 0 aromatic heterocycles. The van der Waals surface area contributed by atoms with Gasteiger partial charge in [0.25, 0.3) is 5.91 Å². The lowest BCUT2D eigenvalue weighted by Gasteiger charge is -2.42. The molecule has 10 heteroatoms. The van der Waals surface area contributed by atoms with E-state index in [0.29, 0.717) is 35.5 Å². The van der Waals surface area contributed by atoms with Gasteiger partial charge in [-0.2, -0.15) is 0 Å². The minimum Gasteiger partial charge on any atom is -0.490 e. The summed E-state index contributed by atoms with van der Waals surface area (Å²) in [7, 11) is 3.30. The van der Waals surface area contributed by atoms with Gasteiger partial charge < -0.3 is 30.3 Å². The van der Waals surface area contributed by atoms with Gasteiger partial charge in [-0.15, -0.1) is 0 Å². The summed E-state index contributed by atoms with van der Waals surface area (Å²) in [5, 5.41) is 7.81. The van der Waals surface area contributed by atoms with E-state index in [-0.39, 0.29) is 43.1 Å². The van der Waals surface area contributed by atoms with E-state index in [4.69, 9.17) is 9.47 Å². The van der Waals surface area contributed by atoms with Gasteiger partial charge in [0.2, 0.25) is 5.91 Å². The molecule has 9 nitrogen and oxygen atoms in total. The van der Waals surface area contributed by atoms with Crippen LogP contribution in [-0.4, -0.2) is 61.7 Å². The predicted octanol–water partition coefficient (Wildman–Crippen LogP) is 2.99. The molecule has 0 aliphatic carbocycles. The first-order valence-electron chi connectivity index (χ1n) is 11.1. The van der Waals surface area contributed by atoms with Gasteiger partial charge in [-0.1, -0.05) is 6.07 Å². The summed E-state index contributed by atoms with van der Waals surface area (Å²) >= 11 is 0. The lowest BCUT2D eigenvalue weighted by Crippen LogP contribution is -2.53. The Hall–Kier alpha value is -3.66. The van der Waals surface area contributed by atoms with Crippen molar-refractivity contribution in [1.29, 1.82) is 0 Å². The van der Waals surface area contributed by atoms with Crippen LogP contribution in [-0.2, 0) is 9.53 Å². The molecule has 0 bridgehead atoms. The fraction of sp³-hybridized carbons (Fsp3) is 0.375. The minimum absolute atomic E-state index is 0.0912. The molecule has 1 saturated heterocycles. The molecule has 0 saturated carbocycles. The van der Waals surface area contributed by atoms with Crippen LogP contribution in [0.5, 0.6) is 5.75 Å². The number of anilines is 2. The first kappa shape index (κ1) is 23.5. The van der Waals surface area contributed by atoms with E-state index in [0.717, 1.165) is 0 Å². The average molecular weight is 471 g/mol. The van der Waals surface area contributed by atoms with Crippen molar-refractivity contribution in [2.45, 2.75) is 37.5 Å². The van der Waals surface area contributed by atoms with E-state index in [1.54, 1.807) is 43.3 Å². The summed E-state index contributed by atoms with van der Waals surface area (Å²) in [5.74, 6) is -0.434. The van der Waals surface area contributed by atoms with Crippen LogP contribution in [0.3, 0.4) is 0 Å². The summed E-state index contributed by atoms with van der Waals surface area (Å²) in [5.41, 5.74) is 1.01. The molecule has 180 valence electrons. The summed E-state index contributed by atoms with van der Waals surface area (Å²) < 4.78 is 25.4. The van der Waals surface area contributed by atoms with Crippen molar-refractivity contribution in [1.82, 2.24) is 10.2 Å². The number of nitrogens with one attached hydrogen (secondary N) is 3. The highest BCUT2D eigenvalue weighted by Gasteiger charge is 2.39. The number of amides is 4. The van der Waals surface area contributed by atoms with Gasteiger partial charge in [0.05, 0.1) is 24.1 Å². The van der Waals surface area contributed by atoms with E-state index in [2.05, 4.69) is 16.0 Å². The first-order valence-corrected chi connectivity index (χ1v) is 11.1. The Morgan fingerprint density at radius 2 is 1.88 bits per heavy atom. The Balaban J connectivity index is 1.47. The summed E-state index contributed by atoms with van der Waals surface area (Å²) in [6.45, 7) is 0.229. The SMILES string of the molecule is CNC(=O)C[C@@H]1CC[C@H]2[C@H](COc3ccc(NC(=O)Nc4cccc(F)c4)cc3C(=O)N2C)O1. The Kier molecular flexibility index (Phi) is 6.97. The fourth-order valence-electron chi connectivity index (χ4n) is 4.27. The summed E-state index contributed by atoms with van der Waals surface area (Å²) in [6, 6.07) is 9.56. The molecule has 0 spiro atoms. The second-order valence-corrected chi connectivity index (χ2v) is 8.35. The number of hydrogen-bond donors (Lipinski definition) is 3. The van der Waals surface area contributed by atoms with E-state index in [9.17, 15) is 18.8 Å². The van der Waals surface area contributed by atoms with E-state index in [1.807, 2.05) is 0 Å². The standard InChI is InChI=1S/C24H27FN4O5/c1-26-22(30)12-17-7-8-19-21(34-17)13-33-20-9-6-16(11-18(20)23(31)29(19)2)28-24(32)27-15-5-3-4-14(25)10-15/h3-6,9-11,17,19,21H,7-8,12-13H2,1-2H3,(H,26,30)(H2,27,28,32)/t17-,19-,21-/m0/s1. The highest BCUT2D eigenvalue weighted by Crippen LogP contribution is 2.32. The topological polar surface area (TPSA) is 109 Å². The number of fused-ring (bicyclic) bond motifs is 2. The van der Waals surface area contributed by atoms with Crippen molar-refractivity contribution in [3.63, 3.8) is 0 Å². The molecular formula is C24H27FN4O5. The molecule has 3 atom stereocenters. The molecule has 4 rings (SSSR count). The lowest BCUT2D eigenvalue weighted by atomic mass is 9.94. The van der Waals surface area contributed by atoms with Gasteiger partial charge in [0.1, 0.15) is 24.3 Å². The maximum Gasteiger partial charge on any atom is 0.323 e. The Bertz CT molecular complexity index is 1090. The van der Waals surface area contributed by atoms with E-state index >= 15 is 0 Å². The van der Waals surface area contributed by atoms with Crippen LogP contribution in [0.4, 0.5) is 20.6 Å². The van der Waals surface area contributed by atoms with E-state index < -0.39 is 11.8 Å². The van der Waals surface area contributed by atoms with Gasteiger partial charge in [0.15, 0.2) is 0 Å². The van der Waals surface area contributed by atoms with Crippen LogP contribution in [0, 0.1) is 5.82 Å². The molecule has 2 aromatic rings. The third-order valence-corrected chi connectivity index (χ3v) is 6.04. The second-order valence-electron chi connectivity index (χ2n) is 8.35. The zero-order valence-corrected chi connectivity index (χ0v) is 19.0. The highest BCUT2D eigenvalue weighted by molar-refractivity contribution is 6.02. The quantitative estimate of drug-likeness (QED) is 0.637. The van der Waals surface area contributed by atoms with Crippen molar-refractivity contribution >= 4 is 29.2 Å². The Labute approximate surface area is 196 Å². The monoisotopic (exact) mass is 470 g/mol. The van der Waals surface area contributed by atoms with Gasteiger partial charge in [-0.25, -0.2) is 9.18 Å². The van der Waals surface area contributed by atoms with Crippen LogP contribution < -0.4 is 20.7 Å². The van der Waals surface area contributed by atoms with Gasteiger partial charge in [-0.05, 0) is 49.2 Å². The molecular weight excluding hydrogens is 443 g/mol. The zero-order chi connectivity index (χ0) is 24.2. The number of nitrogens with zero attached hydrogens (tertiary/aromatic N) is 1. The molecule has 34 heavy (non-hydrogen) atoms. The van der Waals surface area contributed by atoms with Crippen molar-refractivity contribution in [2.75, 3.05) is 31.3 Å². The van der Waals surface area contributed by atoms with Crippen molar-refractivity contribution in [3.05, 3.63) is 53.8 Å². The number of likely N-dealkylation sites (N-methyl/N-ethyl adjacent to an activating group) is 1. The number of rotatable bonds is 4. The maximum atomic E-state index is 13.3. The van der Waals surface area contributed by atoms with Crippen LogP contribution in [0.15, 0.2) is 42.5 Å². The average Bonchev–Trinajstić information content (AvgIpc) is 2.81. The maximum absolute atomic E-state index is 13.3. The normalized spacial score (nSPS) is 21.8. The summed E-state index contributed by atoms with van der Waals surface area (Å²) in [6.07, 6.45) is 1.01. The van der Waals surface area contributed by atoms with Gasteiger partial charge >= 0.3 is 6.03 Å². The number of urea groups is 1.